The summed E-state index contributed by atoms with van der Waals surface area (Å²) < 4.78 is 0.856. The molecule has 106 valence electrons. The van der Waals surface area contributed by atoms with Crippen LogP contribution >= 0.6 is 15.9 Å². The summed E-state index contributed by atoms with van der Waals surface area (Å²) in [5.74, 6) is 2.23. The van der Waals surface area contributed by atoms with Crippen LogP contribution in [0.15, 0.2) is 10.7 Å². The maximum absolute atomic E-state index is 8.99. The first kappa shape index (κ1) is 14.7. The highest BCUT2D eigenvalue weighted by Crippen LogP contribution is 2.29. The third-order valence-electron chi connectivity index (χ3n) is 3.58. The van der Waals surface area contributed by atoms with Gasteiger partial charge in [0.2, 0.25) is 0 Å². The van der Waals surface area contributed by atoms with Crippen LogP contribution in [0.25, 0.3) is 0 Å². The van der Waals surface area contributed by atoms with Crippen LogP contribution in [0.1, 0.15) is 51.3 Å². The molecule has 0 radical (unpaired) electrons. The number of halogens is 1. The number of aromatic nitrogens is 2. The van der Waals surface area contributed by atoms with Crippen molar-refractivity contribution in [2.24, 2.45) is 0 Å². The van der Waals surface area contributed by atoms with Gasteiger partial charge in [0.1, 0.15) is 16.2 Å². The average molecular weight is 328 g/mol. The van der Waals surface area contributed by atoms with Gasteiger partial charge in [-0.15, -0.1) is 0 Å². The summed E-state index contributed by atoms with van der Waals surface area (Å²) in [6.45, 7) is 5.55. The van der Waals surface area contributed by atoms with Crippen LogP contribution in [-0.2, 0) is 0 Å². The number of hydrogen-bond donors (Lipinski definition) is 1. The van der Waals surface area contributed by atoms with Crippen molar-refractivity contribution in [2.75, 3.05) is 18.1 Å². The van der Waals surface area contributed by atoms with Gasteiger partial charge in [0.05, 0.1) is 0 Å². The molecular weight excluding hydrogens is 306 g/mol. The van der Waals surface area contributed by atoms with Crippen molar-refractivity contribution >= 4 is 21.7 Å². The summed E-state index contributed by atoms with van der Waals surface area (Å²) in [6, 6.07) is 2.51. The highest BCUT2D eigenvalue weighted by Gasteiger charge is 2.26. The molecule has 0 amide bonds. The quantitative estimate of drug-likeness (QED) is 0.844. The van der Waals surface area contributed by atoms with Crippen molar-refractivity contribution in [3.05, 3.63) is 16.5 Å². The van der Waals surface area contributed by atoms with E-state index >= 15 is 0 Å². The minimum atomic E-state index is 0.273. The Balaban J connectivity index is 2.20. The molecule has 1 aliphatic heterocycles. The third kappa shape index (κ3) is 3.66. The van der Waals surface area contributed by atoms with Crippen LogP contribution < -0.4 is 4.90 Å². The van der Waals surface area contributed by atoms with E-state index in [2.05, 4.69) is 39.7 Å². The van der Waals surface area contributed by atoms with Gasteiger partial charge in [-0.2, -0.15) is 0 Å². The van der Waals surface area contributed by atoms with Crippen LogP contribution in [-0.4, -0.2) is 34.3 Å². The summed E-state index contributed by atoms with van der Waals surface area (Å²) in [5, 5.41) is 8.99. The summed E-state index contributed by atoms with van der Waals surface area (Å²) >= 11 is 3.48. The van der Waals surface area contributed by atoms with Gasteiger partial charge in [0, 0.05) is 31.2 Å². The highest BCUT2D eigenvalue weighted by molar-refractivity contribution is 9.10. The molecule has 2 rings (SSSR count). The van der Waals surface area contributed by atoms with E-state index in [-0.39, 0.29) is 6.61 Å². The van der Waals surface area contributed by atoms with Crippen LogP contribution in [0.5, 0.6) is 0 Å². The molecule has 19 heavy (non-hydrogen) atoms. The van der Waals surface area contributed by atoms with Crippen molar-refractivity contribution in [1.29, 1.82) is 0 Å². The van der Waals surface area contributed by atoms with Crippen molar-refractivity contribution in [3.63, 3.8) is 0 Å². The number of hydrogen-bond acceptors (Lipinski definition) is 4. The summed E-state index contributed by atoms with van der Waals surface area (Å²) in [4.78, 5) is 11.5. The maximum atomic E-state index is 8.99. The molecular formula is C14H22BrN3O. The van der Waals surface area contributed by atoms with Gasteiger partial charge >= 0.3 is 0 Å². The van der Waals surface area contributed by atoms with Gasteiger partial charge in [-0.3, -0.25) is 0 Å². The molecule has 0 bridgehead atoms. The number of nitrogens with zero attached hydrogens (tertiary/aromatic N) is 3. The first-order chi connectivity index (χ1) is 9.11. The molecule has 1 N–H and O–H groups in total. The fourth-order valence-corrected chi connectivity index (χ4v) is 2.98. The predicted octanol–water partition coefficient (Wildman–Crippen LogP) is 3.10. The van der Waals surface area contributed by atoms with Gasteiger partial charge < -0.3 is 10.0 Å². The number of aliphatic hydroxyl groups is 1. The van der Waals surface area contributed by atoms with Gasteiger partial charge in [0.15, 0.2) is 0 Å². The molecule has 1 saturated heterocycles. The van der Waals surface area contributed by atoms with Crippen LogP contribution in [0, 0.1) is 0 Å². The predicted molar refractivity (Wildman–Crippen MR) is 80.5 cm³/mol. The normalized spacial score (nSPS) is 19.4. The first-order valence-corrected chi connectivity index (χ1v) is 7.83. The second-order valence-electron chi connectivity index (χ2n) is 5.42. The minimum Gasteiger partial charge on any atom is -0.396 e. The van der Waals surface area contributed by atoms with E-state index in [1.165, 1.54) is 12.8 Å². The van der Waals surface area contributed by atoms with Crippen molar-refractivity contribution in [1.82, 2.24) is 9.97 Å². The van der Waals surface area contributed by atoms with Gasteiger partial charge in [-0.25, -0.2) is 9.97 Å². The summed E-state index contributed by atoms with van der Waals surface area (Å²) in [6.07, 6.45) is 4.30. The third-order valence-corrected chi connectivity index (χ3v) is 3.99. The Hall–Kier alpha value is -0.680. The minimum absolute atomic E-state index is 0.273. The molecule has 5 heteroatoms. The average Bonchev–Trinajstić information content (AvgIpc) is 2.83. The van der Waals surface area contributed by atoms with E-state index in [0.717, 1.165) is 35.6 Å². The lowest BCUT2D eigenvalue weighted by molar-refractivity contribution is 0.279. The van der Waals surface area contributed by atoms with Crippen LogP contribution in [0.4, 0.5) is 5.82 Å². The van der Waals surface area contributed by atoms with E-state index in [0.29, 0.717) is 12.0 Å². The molecule has 1 fully saturated rings. The lowest BCUT2D eigenvalue weighted by Crippen LogP contribution is -2.30. The highest BCUT2D eigenvalue weighted by atomic mass is 79.9. The van der Waals surface area contributed by atoms with E-state index < -0.39 is 0 Å². The van der Waals surface area contributed by atoms with E-state index in [9.17, 15) is 0 Å². The second kappa shape index (κ2) is 6.66. The van der Waals surface area contributed by atoms with Crippen molar-refractivity contribution < 1.29 is 5.11 Å². The lowest BCUT2D eigenvalue weighted by atomic mass is 10.1. The monoisotopic (exact) mass is 327 g/mol. The second-order valence-corrected chi connectivity index (χ2v) is 6.23. The van der Waals surface area contributed by atoms with Crippen LogP contribution in [0.3, 0.4) is 0 Å². The lowest BCUT2D eigenvalue weighted by Gasteiger charge is -2.26. The Morgan fingerprint density at radius 1 is 1.47 bits per heavy atom. The van der Waals surface area contributed by atoms with Crippen molar-refractivity contribution in [3.8, 4) is 0 Å². The smallest absolute Gasteiger partial charge is 0.134 e. The Kier molecular flexibility index (Phi) is 5.16. The van der Waals surface area contributed by atoms with E-state index in [1.54, 1.807) is 0 Å². The molecule has 0 aromatic carbocycles. The Bertz CT molecular complexity index is 425. The van der Waals surface area contributed by atoms with E-state index in [4.69, 9.17) is 10.1 Å². The van der Waals surface area contributed by atoms with E-state index in [1.807, 2.05) is 6.07 Å². The Morgan fingerprint density at radius 2 is 2.26 bits per heavy atom. The molecule has 1 atom stereocenters. The maximum Gasteiger partial charge on any atom is 0.134 e. The largest absolute Gasteiger partial charge is 0.396 e. The summed E-state index contributed by atoms with van der Waals surface area (Å²) in [5.41, 5.74) is 0. The zero-order chi connectivity index (χ0) is 13.8. The molecule has 1 unspecified atom stereocenters. The standard InChI is InChI=1S/C14H22BrN3O/c1-10(2)14-16-12(15)9-13(17-14)18-7-3-5-11(18)6-4-8-19/h9-11,19H,3-8H2,1-2H3. The molecule has 1 aromatic heterocycles. The molecule has 1 aliphatic rings. The molecule has 0 saturated carbocycles. The summed E-state index contributed by atoms with van der Waals surface area (Å²) in [7, 11) is 0. The Labute approximate surface area is 123 Å². The van der Waals surface area contributed by atoms with Gasteiger partial charge in [-0.1, -0.05) is 13.8 Å². The molecule has 0 spiro atoms. The molecule has 2 heterocycles. The fourth-order valence-electron chi connectivity index (χ4n) is 2.59. The Morgan fingerprint density at radius 3 is 2.95 bits per heavy atom. The molecule has 0 aliphatic carbocycles. The van der Waals surface area contributed by atoms with Crippen molar-refractivity contribution in [2.45, 2.75) is 51.5 Å². The SMILES string of the molecule is CC(C)c1nc(Br)cc(N2CCCC2CCCO)n1. The zero-order valence-corrected chi connectivity index (χ0v) is 13.2. The number of anilines is 1. The van der Waals surface area contributed by atoms with Gasteiger partial charge in [0.25, 0.3) is 0 Å². The topological polar surface area (TPSA) is 49.2 Å². The van der Waals surface area contributed by atoms with Gasteiger partial charge in [-0.05, 0) is 41.6 Å². The molecule has 1 aromatic rings. The fraction of sp³-hybridized carbons (Fsp3) is 0.714. The van der Waals surface area contributed by atoms with Crippen LogP contribution in [0.2, 0.25) is 0 Å². The first-order valence-electron chi connectivity index (χ1n) is 7.03. The zero-order valence-electron chi connectivity index (χ0n) is 11.6. The number of aliphatic hydroxyl groups excluding tert-OH is 1. The molecule has 4 nitrogen and oxygen atoms in total. The number of rotatable bonds is 5.